The number of carbonyl (C=O) groups excluding carboxylic acids is 1. The van der Waals surface area contributed by atoms with Gasteiger partial charge >= 0.3 is 0 Å². The van der Waals surface area contributed by atoms with Gasteiger partial charge in [-0.15, -0.1) is 12.4 Å². The molecular weight excluding hydrogens is 334 g/mol. The quantitative estimate of drug-likeness (QED) is 0.832. The molecule has 0 bridgehead atoms. The molecule has 0 aliphatic carbocycles. The van der Waals surface area contributed by atoms with Gasteiger partial charge in [0.2, 0.25) is 5.91 Å². The average molecular weight is 360 g/mol. The monoisotopic (exact) mass is 359 g/mol. The molecule has 1 aliphatic rings. The lowest BCUT2D eigenvalue weighted by molar-refractivity contribution is -0.122. The summed E-state index contributed by atoms with van der Waals surface area (Å²) >= 11 is 0. The first kappa shape index (κ1) is 19.4. The summed E-state index contributed by atoms with van der Waals surface area (Å²) in [5.74, 6) is 0.899. The van der Waals surface area contributed by atoms with E-state index in [4.69, 9.17) is 5.73 Å². The number of halogens is 1. The third-order valence-corrected chi connectivity index (χ3v) is 4.75. The molecule has 0 saturated carbocycles. The van der Waals surface area contributed by atoms with E-state index in [0.29, 0.717) is 31.5 Å². The fraction of sp³-hybridized carbons (Fsp3) is 0.350. The van der Waals surface area contributed by atoms with Crippen molar-refractivity contribution in [1.29, 1.82) is 0 Å². The van der Waals surface area contributed by atoms with Crippen LogP contribution >= 0.6 is 12.4 Å². The number of nitrogens with two attached hydrogens (primary N) is 1. The number of rotatable bonds is 6. The highest BCUT2D eigenvalue weighted by atomic mass is 35.5. The van der Waals surface area contributed by atoms with E-state index >= 15 is 0 Å². The van der Waals surface area contributed by atoms with Gasteiger partial charge in [0.1, 0.15) is 0 Å². The molecule has 25 heavy (non-hydrogen) atoms. The van der Waals surface area contributed by atoms with E-state index in [2.05, 4.69) is 34.5 Å². The van der Waals surface area contributed by atoms with Crippen LogP contribution in [0.15, 0.2) is 60.7 Å². The fourth-order valence-electron chi connectivity index (χ4n) is 3.46. The number of likely N-dealkylation sites (tertiary alicyclic amines) is 1. The van der Waals surface area contributed by atoms with Gasteiger partial charge < -0.3 is 11.1 Å². The molecule has 0 unspecified atom stereocenters. The first-order valence-electron chi connectivity index (χ1n) is 8.54. The summed E-state index contributed by atoms with van der Waals surface area (Å²) in [6, 6.07) is 20.5. The summed E-state index contributed by atoms with van der Waals surface area (Å²) in [5.41, 5.74) is 8.40. The van der Waals surface area contributed by atoms with Gasteiger partial charge in [-0.1, -0.05) is 60.7 Å². The molecule has 0 radical (unpaired) electrons. The summed E-state index contributed by atoms with van der Waals surface area (Å²) in [4.78, 5) is 14.4. The van der Waals surface area contributed by atoms with E-state index in [0.717, 1.165) is 18.7 Å². The molecule has 4 nitrogen and oxygen atoms in total. The van der Waals surface area contributed by atoms with E-state index in [-0.39, 0.29) is 18.3 Å². The number of amides is 1. The number of carbonyl (C=O) groups is 1. The third-order valence-electron chi connectivity index (χ3n) is 4.75. The Labute approximate surface area is 155 Å². The van der Waals surface area contributed by atoms with E-state index in [1.807, 2.05) is 36.4 Å². The van der Waals surface area contributed by atoms with Crippen LogP contribution in [0.3, 0.4) is 0 Å². The molecule has 5 heteroatoms. The number of benzene rings is 2. The van der Waals surface area contributed by atoms with Crippen LogP contribution in [0.25, 0.3) is 0 Å². The number of nitrogens with one attached hydrogen (secondary N) is 1. The lowest BCUT2D eigenvalue weighted by Gasteiger charge is -2.16. The summed E-state index contributed by atoms with van der Waals surface area (Å²) in [6.07, 6.45) is 0. The minimum atomic E-state index is 0. The number of hydrogen-bond donors (Lipinski definition) is 2. The smallest absolute Gasteiger partial charge is 0.234 e. The van der Waals surface area contributed by atoms with Crippen LogP contribution in [0, 0.1) is 5.92 Å². The summed E-state index contributed by atoms with van der Waals surface area (Å²) in [7, 11) is 0. The molecule has 134 valence electrons. The van der Waals surface area contributed by atoms with Crippen LogP contribution < -0.4 is 11.1 Å². The third kappa shape index (κ3) is 5.30. The Morgan fingerprint density at radius 1 is 1.04 bits per heavy atom. The van der Waals surface area contributed by atoms with Crippen LogP contribution in [-0.4, -0.2) is 37.0 Å². The average Bonchev–Trinajstić information content (AvgIpc) is 3.04. The zero-order chi connectivity index (χ0) is 16.8. The Morgan fingerprint density at radius 3 is 2.32 bits per heavy atom. The van der Waals surface area contributed by atoms with Gasteiger partial charge in [0.15, 0.2) is 0 Å². The zero-order valence-electron chi connectivity index (χ0n) is 14.3. The lowest BCUT2D eigenvalue weighted by atomic mass is 9.89. The van der Waals surface area contributed by atoms with Crippen molar-refractivity contribution < 1.29 is 4.79 Å². The molecule has 3 N–H and O–H groups in total. The number of nitrogens with zero attached hydrogens (tertiary/aromatic N) is 1. The van der Waals surface area contributed by atoms with Gasteiger partial charge in [0.25, 0.3) is 0 Å². The summed E-state index contributed by atoms with van der Waals surface area (Å²) in [6.45, 7) is 3.45. The second-order valence-electron chi connectivity index (χ2n) is 6.47. The van der Waals surface area contributed by atoms with Crippen LogP contribution in [0.5, 0.6) is 0 Å². The van der Waals surface area contributed by atoms with Crippen molar-refractivity contribution in [1.82, 2.24) is 10.2 Å². The molecule has 1 saturated heterocycles. The molecule has 1 aliphatic heterocycles. The molecule has 1 amide bonds. The molecule has 2 aromatic rings. The fourth-order valence-corrected chi connectivity index (χ4v) is 3.46. The zero-order valence-corrected chi connectivity index (χ0v) is 15.1. The van der Waals surface area contributed by atoms with Crippen molar-refractivity contribution in [3.8, 4) is 0 Å². The van der Waals surface area contributed by atoms with Gasteiger partial charge in [-0.25, -0.2) is 0 Å². The van der Waals surface area contributed by atoms with Crippen LogP contribution in [0.4, 0.5) is 0 Å². The van der Waals surface area contributed by atoms with Crippen molar-refractivity contribution in [2.75, 3.05) is 26.2 Å². The van der Waals surface area contributed by atoms with Crippen LogP contribution in [-0.2, 0) is 11.3 Å². The maximum atomic E-state index is 12.2. The number of hydrogen-bond acceptors (Lipinski definition) is 3. The Kier molecular flexibility index (Phi) is 7.44. The van der Waals surface area contributed by atoms with E-state index in [1.165, 1.54) is 5.56 Å². The van der Waals surface area contributed by atoms with Crippen molar-refractivity contribution >= 4 is 18.3 Å². The van der Waals surface area contributed by atoms with Gasteiger partial charge in [-0.3, -0.25) is 9.69 Å². The van der Waals surface area contributed by atoms with E-state index in [1.54, 1.807) is 0 Å². The molecule has 0 spiro atoms. The highest BCUT2D eigenvalue weighted by Crippen LogP contribution is 2.31. The molecule has 2 atom stereocenters. The topological polar surface area (TPSA) is 58.4 Å². The minimum absolute atomic E-state index is 0. The molecule has 3 rings (SSSR count). The normalized spacial score (nSPS) is 20.0. The van der Waals surface area contributed by atoms with Gasteiger partial charge in [-0.2, -0.15) is 0 Å². The van der Waals surface area contributed by atoms with Crippen molar-refractivity contribution in [3.63, 3.8) is 0 Å². The summed E-state index contributed by atoms with van der Waals surface area (Å²) < 4.78 is 0. The Hall–Kier alpha value is -1.88. The van der Waals surface area contributed by atoms with Gasteiger partial charge in [0.05, 0.1) is 6.54 Å². The van der Waals surface area contributed by atoms with Gasteiger partial charge in [0, 0.05) is 25.6 Å². The van der Waals surface area contributed by atoms with Crippen LogP contribution in [0.1, 0.15) is 17.0 Å². The second kappa shape index (κ2) is 9.56. The molecule has 1 heterocycles. The molecule has 0 aromatic heterocycles. The summed E-state index contributed by atoms with van der Waals surface area (Å²) in [5, 5.41) is 3.00. The maximum absolute atomic E-state index is 12.2. The SMILES string of the molecule is Cl.NC[C@@H]1CN(CC(=O)NCc2ccccc2)C[C@H]1c1ccccc1. The molecular formula is C20H26ClN3O. The Bertz CT molecular complexity index is 651. The van der Waals surface area contributed by atoms with E-state index in [9.17, 15) is 4.79 Å². The Balaban J connectivity index is 0.00000225. The largest absolute Gasteiger partial charge is 0.351 e. The second-order valence-corrected chi connectivity index (χ2v) is 6.47. The van der Waals surface area contributed by atoms with Crippen molar-refractivity contribution in [3.05, 3.63) is 71.8 Å². The highest BCUT2D eigenvalue weighted by Gasteiger charge is 2.33. The predicted octanol–water partition coefficient (Wildman–Crippen LogP) is 2.40. The Morgan fingerprint density at radius 2 is 1.68 bits per heavy atom. The molecule has 1 fully saturated rings. The first-order chi connectivity index (χ1) is 11.8. The van der Waals surface area contributed by atoms with Gasteiger partial charge in [-0.05, 0) is 23.6 Å². The predicted molar refractivity (Wildman–Crippen MR) is 104 cm³/mol. The standard InChI is InChI=1S/C20H25N3O.ClH/c21-11-18-13-23(14-19(18)17-9-5-2-6-10-17)15-20(24)22-12-16-7-3-1-4-8-16;/h1-10,18-19H,11-15,21H2,(H,22,24);1H/t18-,19+;/m1./s1. The van der Waals surface area contributed by atoms with Crippen molar-refractivity contribution in [2.45, 2.75) is 12.5 Å². The lowest BCUT2D eigenvalue weighted by Crippen LogP contribution is -2.36. The maximum Gasteiger partial charge on any atom is 0.234 e. The molecule has 2 aromatic carbocycles. The highest BCUT2D eigenvalue weighted by molar-refractivity contribution is 5.85. The van der Waals surface area contributed by atoms with Crippen LogP contribution in [0.2, 0.25) is 0 Å². The minimum Gasteiger partial charge on any atom is -0.351 e. The van der Waals surface area contributed by atoms with Crippen molar-refractivity contribution in [2.24, 2.45) is 11.7 Å². The van der Waals surface area contributed by atoms with E-state index < -0.39 is 0 Å². The first-order valence-corrected chi connectivity index (χ1v) is 8.54.